The minimum Gasteiger partial charge on any atom is -0.494 e. The lowest BCUT2D eigenvalue weighted by molar-refractivity contribution is 0.387. The fourth-order valence-corrected chi connectivity index (χ4v) is 2.22. The first-order chi connectivity index (χ1) is 8.26. The lowest BCUT2D eigenvalue weighted by atomic mass is 10.2. The number of benzene rings is 1. The van der Waals surface area contributed by atoms with Gasteiger partial charge in [0, 0.05) is 6.54 Å². The summed E-state index contributed by atoms with van der Waals surface area (Å²) in [5.41, 5.74) is 0.408. The molecule has 17 heavy (non-hydrogen) atoms. The maximum atomic E-state index is 13.9. The monoisotopic (exact) mass is 253 g/mol. The van der Waals surface area contributed by atoms with Crippen molar-refractivity contribution in [3.8, 4) is 16.3 Å². The summed E-state index contributed by atoms with van der Waals surface area (Å²) >= 11 is 1.32. The normalized spacial score (nSPS) is 10.3. The van der Waals surface area contributed by atoms with Crippen molar-refractivity contribution in [3.05, 3.63) is 24.0 Å². The Labute approximate surface area is 102 Å². The second-order valence-electron chi connectivity index (χ2n) is 3.26. The number of rotatable bonds is 4. The standard InChI is InChI=1S/C11H12FN3OS/c1-3-13-11-15-14-10(17-11)7-5-4-6-8(16-2)9(7)12/h4-6H,3H2,1-2H3,(H,13,15). The summed E-state index contributed by atoms with van der Waals surface area (Å²) in [6.07, 6.45) is 0. The summed E-state index contributed by atoms with van der Waals surface area (Å²) in [7, 11) is 1.44. The predicted molar refractivity (Wildman–Crippen MR) is 66.0 cm³/mol. The molecule has 1 heterocycles. The van der Waals surface area contributed by atoms with Crippen molar-refractivity contribution < 1.29 is 9.13 Å². The third-order valence-electron chi connectivity index (χ3n) is 2.17. The Kier molecular flexibility index (Phi) is 3.53. The molecule has 2 rings (SSSR count). The molecule has 0 spiro atoms. The van der Waals surface area contributed by atoms with E-state index in [-0.39, 0.29) is 5.75 Å². The van der Waals surface area contributed by atoms with E-state index < -0.39 is 5.82 Å². The topological polar surface area (TPSA) is 47.0 Å². The number of halogens is 1. The van der Waals surface area contributed by atoms with Gasteiger partial charge in [0.05, 0.1) is 12.7 Å². The maximum absolute atomic E-state index is 13.9. The molecule has 1 N–H and O–H groups in total. The van der Waals surface area contributed by atoms with Crippen molar-refractivity contribution in [3.63, 3.8) is 0 Å². The van der Waals surface area contributed by atoms with Crippen LogP contribution < -0.4 is 10.1 Å². The summed E-state index contributed by atoms with van der Waals surface area (Å²) in [5, 5.41) is 12.1. The molecule has 0 bridgehead atoms. The quantitative estimate of drug-likeness (QED) is 0.910. The van der Waals surface area contributed by atoms with Gasteiger partial charge in [0.1, 0.15) is 0 Å². The average Bonchev–Trinajstić information content (AvgIpc) is 2.78. The Morgan fingerprint density at radius 2 is 2.24 bits per heavy atom. The van der Waals surface area contributed by atoms with E-state index in [1.54, 1.807) is 18.2 Å². The van der Waals surface area contributed by atoms with E-state index in [0.29, 0.717) is 15.7 Å². The van der Waals surface area contributed by atoms with Crippen molar-refractivity contribution in [2.45, 2.75) is 6.92 Å². The van der Waals surface area contributed by atoms with E-state index in [9.17, 15) is 4.39 Å². The number of nitrogens with one attached hydrogen (secondary N) is 1. The molecule has 0 unspecified atom stereocenters. The second kappa shape index (κ2) is 5.09. The highest BCUT2D eigenvalue weighted by Gasteiger charge is 2.14. The van der Waals surface area contributed by atoms with Crippen molar-refractivity contribution in [1.82, 2.24) is 10.2 Å². The van der Waals surface area contributed by atoms with Gasteiger partial charge in [-0.3, -0.25) is 0 Å². The van der Waals surface area contributed by atoms with Crippen molar-refractivity contribution in [2.75, 3.05) is 19.0 Å². The number of hydrogen-bond acceptors (Lipinski definition) is 5. The molecule has 90 valence electrons. The molecule has 0 fully saturated rings. The average molecular weight is 253 g/mol. The summed E-state index contributed by atoms with van der Waals surface area (Å²) in [4.78, 5) is 0. The Balaban J connectivity index is 2.38. The SMILES string of the molecule is CCNc1nnc(-c2cccc(OC)c2F)s1. The van der Waals surface area contributed by atoms with E-state index in [1.807, 2.05) is 6.92 Å². The molecular formula is C11H12FN3OS. The lowest BCUT2D eigenvalue weighted by Gasteiger charge is -2.03. The lowest BCUT2D eigenvalue weighted by Crippen LogP contribution is -1.94. The van der Waals surface area contributed by atoms with Crippen molar-refractivity contribution in [1.29, 1.82) is 0 Å². The smallest absolute Gasteiger partial charge is 0.205 e. The fraction of sp³-hybridized carbons (Fsp3) is 0.273. The van der Waals surface area contributed by atoms with E-state index in [0.717, 1.165) is 6.54 Å². The third-order valence-corrected chi connectivity index (χ3v) is 3.08. The van der Waals surface area contributed by atoms with Crippen LogP contribution in [0.4, 0.5) is 9.52 Å². The van der Waals surface area contributed by atoms with Gasteiger partial charge < -0.3 is 10.1 Å². The van der Waals surface area contributed by atoms with Gasteiger partial charge in [0.15, 0.2) is 16.6 Å². The van der Waals surface area contributed by atoms with Gasteiger partial charge in [-0.15, -0.1) is 10.2 Å². The summed E-state index contributed by atoms with van der Waals surface area (Å²) in [6, 6.07) is 4.96. The predicted octanol–water partition coefficient (Wildman–Crippen LogP) is 2.78. The van der Waals surface area contributed by atoms with Gasteiger partial charge in [0.25, 0.3) is 0 Å². The van der Waals surface area contributed by atoms with E-state index in [4.69, 9.17) is 4.74 Å². The highest BCUT2D eigenvalue weighted by atomic mass is 32.1. The molecule has 1 aromatic carbocycles. The first-order valence-electron chi connectivity index (χ1n) is 5.16. The molecule has 0 aliphatic rings. The number of nitrogens with zero attached hydrogens (tertiary/aromatic N) is 2. The molecule has 0 aliphatic carbocycles. The van der Waals surface area contributed by atoms with Crippen LogP contribution in [0.25, 0.3) is 10.6 Å². The van der Waals surface area contributed by atoms with Crippen LogP contribution in [0.1, 0.15) is 6.92 Å². The highest BCUT2D eigenvalue weighted by Crippen LogP contribution is 2.32. The number of ether oxygens (including phenoxy) is 1. The maximum Gasteiger partial charge on any atom is 0.205 e. The van der Waals surface area contributed by atoms with Crippen LogP contribution in [0, 0.1) is 5.82 Å². The van der Waals surface area contributed by atoms with Crippen LogP contribution in [-0.2, 0) is 0 Å². The molecule has 0 saturated carbocycles. The summed E-state index contributed by atoms with van der Waals surface area (Å²) in [6.45, 7) is 2.72. The first-order valence-corrected chi connectivity index (χ1v) is 5.98. The summed E-state index contributed by atoms with van der Waals surface area (Å²) in [5.74, 6) is -0.197. The highest BCUT2D eigenvalue weighted by molar-refractivity contribution is 7.18. The van der Waals surface area contributed by atoms with Crippen molar-refractivity contribution >= 4 is 16.5 Å². The van der Waals surface area contributed by atoms with Crippen molar-refractivity contribution in [2.24, 2.45) is 0 Å². The largest absolute Gasteiger partial charge is 0.494 e. The molecule has 6 heteroatoms. The van der Waals surface area contributed by atoms with Crippen LogP contribution in [-0.4, -0.2) is 23.9 Å². The molecule has 1 aromatic heterocycles. The van der Waals surface area contributed by atoms with Gasteiger partial charge in [-0.2, -0.15) is 0 Å². The zero-order valence-electron chi connectivity index (χ0n) is 9.53. The number of aromatic nitrogens is 2. The van der Waals surface area contributed by atoms with Gasteiger partial charge >= 0.3 is 0 Å². The Bertz CT molecular complexity index is 515. The minimum absolute atomic E-state index is 0.211. The Morgan fingerprint density at radius 1 is 1.41 bits per heavy atom. The van der Waals surface area contributed by atoms with E-state index in [2.05, 4.69) is 15.5 Å². The van der Waals surface area contributed by atoms with Crippen LogP contribution >= 0.6 is 11.3 Å². The molecule has 4 nitrogen and oxygen atoms in total. The third kappa shape index (κ3) is 2.36. The molecule has 0 saturated heterocycles. The molecule has 0 radical (unpaired) electrons. The van der Waals surface area contributed by atoms with E-state index >= 15 is 0 Å². The Hall–Kier alpha value is -1.69. The van der Waals surface area contributed by atoms with Crippen LogP contribution in [0.5, 0.6) is 5.75 Å². The van der Waals surface area contributed by atoms with Gasteiger partial charge in [-0.1, -0.05) is 17.4 Å². The van der Waals surface area contributed by atoms with Gasteiger partial charge in [0.2, 0.25) is 5.13 Å². The summed E-state index contributed by atoms with van der Waals surface area (Å²) < 4.78 is 18.9. The van der Waals surface area contributed by atoms with Gasteiger partial charge in [-0.25, -0.2) is 4.39 Å². The number of methoxy groups -OCH3 is 1. The minimum atomic E-state index is -0.408. The van der Waals surface area contributed by atoms with Crippen LogP contribution in [0.15, 0.2) is 18.2 Å². The van der Waals surface area contributed by atoms with Crippen LogP contribution in [0.3, 0.4) is 0 Å². The Morgan fingerprint density at radius 3 is 2.94 bits per heavy atom. The molecular weight excluding hydrogens is 241 g/mol. The number of anilines is 1. The first kappa shape index (κ1) is 11.8. The van der Waals surface area contributed by atoms with Crippen LogP contribution in [0.2, 0.25) is 0 Å². The van der Waals surface area contributed by atoms with Gasteiger partial charge in [-0.05, 0) is 19.1 Å². The van der Waals surface area contributed by atoms with E-state index in [1.165, 1.54) is 18.4 Å². The molecule has 0 aliphatic heterocycles. The zero-order valence-corrected chi connectivity index (χ0v) is 10.3. The second-order valence-corrected chi connectivity index (χ2v) is 4.24. The zero-order chi connectivity index (χ0) is 12.3. The fourth-order valence-electron chi connectivity index (χ4n) is 1.39. The molecule has 2 aromatic rings. The molecule has 0 amide bonds. The molecule has 0 atom stereocenters. The number of hydrogen-bond donors (Lipinski definition) is 1.